The zero-order valence-corrected chi connectivity index (χ0v) is 32.2. The number of carboxylic acid groups (broad SMARTS) is 1. The number of hydrogen-bond acceptors (Lipinski definition) is 22. The van der Waals surface area contributed by atoms with Crippen molar-refractivity contribution in [1.82, 2.24) is 30.2 Å². The molecular weight excluding hydrogens is 827 g/mol. The van der Waals surface area contributed by atoms with E-state index in [4.69, 9.17) is 15.6 Å². The van der Waals surface area contributed by atoms with Crippen LogP contribution >= 0.6 is 35.2 Å². The molecule has 8 N–H and O–H groups in total. The van der Waals surface area contributed by atoms with Crippen LogP contribution in [0.2, 0.25) is 0 Å². The van der Waals surface area contributed by atoms with E-state index in [0.717, 1.165) is 29.0 Å². The Bertz CT molecular complexity index is 1850. The molecule has 0 aromatic carbocycles. The van der Waals surface area contributed by atoms with E-state index in [1.165, 1.54) is 13.8 Å². The van der Waals surface area contributed by atoms with Gasteiger partial charge in [-0.25, -0.2) is 19.3 Å². The minimum Gasteiger partial charge on any atom is -0.756 e. The van der Waals surface area contributed by atoms with Gasteiger partial charge in [-0.05, 0) is 0 Å². The number of aliphatic hydroxyl groups is 2. The fraction of sp³-hybridized carbons (Fsp3) is 0.640. The molecule has 8 atom stereocenters. The van der Waals surface area contributed by atoms with E-state index in [2.05, 4.69) is 43.5 Å². The number of aliphatic hydroxyl groups excluding tert-OH is 2. The predicted molar refractivity (Wildman–Crippen MR) is 177 cm³/mol. The minimum atomic E-state index is -5.91. The molecule has 26 nitrogen and oxygen atoms in total. The Morgan fingerprint density at radius 3 is 2.38 bits per heavy atom. The van der Waals surface area contributed by atoms with Gasteiger partial charge < -0.3 is 69.6 Å². The van der Waals surface area contributed by atoms with Gasteiger partial charge >= 0.3 is 5.97 Å². The zero-order chi connectivity index (χ0) is 41.4. The molecule has 1 aliphatic heterocycles. The van der Waals surface area contributed by atoms with Crippen molar-refractivity contribution in [2.24, 2.45) is 5.41 Å². The lowest BCUT2D eigenvalue weighted by atomic mass is 9.87. The molecule has 2 amide bonds. The Labute approximate surface area is 314 Å². The molecule has 55 heavy (non-hydrogen) atoms. The first-order valence-electron chi connectivity index (χ1n) is 15.6. The normalized spacial score (nSPS) is 22.6. The van der Waals surface area contributed by atoms with Crippen LogP contribution in [-0.2, 0) is 55.5 Å². The highest BCUT2D eigenvalue weighted by Crippen LogP contribution is 2.56. The predicted octanol–water partition coefficient (Wildman–Crippen LogP) is -3.37. The molecule has 0 spiro atoms. The second-order valence-corrected chi connectivity index (χ2v) is 17.4. The maximum Gasteiger partial charge on any atom is 0.303 e. The van der Waals surface area contributed by atoms with Crippen LogP contribution in [0.25, 0.3) is 11.2 Å². The third kappa shape index (κ3) is 14.5. The number of nitrogens with one attached hydrogen (secondary N) is 2. The van der Waals surface area contributed by atoms with E-state index >= 15 is 0 Å². The second-order valence-electron chi connectivity index (χ2n) is 12.1. The highest BCUT2D eigenvalue weighted by molar-refractivity contribution is 8.13. The minimum absolute atomic E-state index is 0.0165. The lowest BCUT2D eigenvalue weighted by Gasteiger charge is -2.35. The number of ether oxygens (including phenoxy) is 1. The third-order valence-electron chi connectivity index (χ3n) is 7.29. The maximum atomic E-state index is 12.5. The summed E-state index contributed by atoms with van der Waals surface area (Å²) in [4.78, 5) is 104. The van der Waals surface area contributed by atoms with Gasteiger partial charge in [0.2, 0.25) is 11.8 Å². The SMILES string of the molecule is CC(C)(COP(=O)([O-])OP(=O)([O-])OC[C@H]1O[C@@H](n2cnc3c(N)ncnc32)[C@H](O)[C@@H]1OP(=O)([O-])O)[C@H](O)C(=O)NCCC(=O)NCCSC(=O)CCC(=O)O. The molecule has 30 heteroatoms. The Kier molecular flexibility index (Phi) is 16.4. The average molecular weight is 865 g/mol. The highest BCUT2D eigenvalue weighted by Gasteiger charge is 2.48. The molecule has 2 aromatic heterocycles. The summed E-state index contributed by atoms with van der Waals surface area (Å²) in [6.07, 6.45) is -8.03. The standard InChI is InChI=1S/C25H40N7O19P3S/c1-25(2,20(38)23(39)28-6-5-14(33)27-7-8-55-16(36)4-3-15(34)35)10-48-54(45,46)51-53(43,44)47-9-13-19(50-52(40,41)42)18(37)24(49-13)32-12-31-17-21(26)29-11-30-22(17)32/h11-13,18-20,24,37-38H,3-10H2,1-2H3,(H,27,33)(H,28,39)(H,34,35)(H,43,44)(H,45,46)(H2,26,29,30)(H2,40,41,42)/p-3/t13-,18-,19-,20-,24-/m1/s1. The Hall–Kier alpha value is -2.97. The number of aliphatic carboxylic acids is 1. The molecule has 0 radical (unpaired) electrons. The summed E-state index contributed by atoms with van der Waals surface area (Å²) in [5, 5.41) is 34.2. The quantitative estimate of drug-likeness (QED) is 0.0449. The van der Waals surface area contributed by atoms with Gasteiger partial charge in [0.15, 0.2) is 22.8 Å². The number of carboxylic acids is 1. The molecule has 0 aliphatic carbocycles. The number of phosphoric acid groups is 3. The zero-order valence-electron chi connectivity index (χ0n) is 28.7. The Morgan fingerprint density at radius 1 is 1.05 bits per heavy atom. The number of imidazole rings is 1. The van der Waals surface area contributed by atoms with Crippen LogP contribution in [0, 0.1) is 5.41 Å². The van der Waals surface area contributed by atoms with Crippen LogP contribution in [-0.4, -0.2) is 119 Å². The van der Waals surface area contributed by atoms with Crippen molar-refractivity contribution in [3.05, 3.63) is 12.7 Å². The lowest BCUT2D eigenvalue weighted by molar-refractivity contribution is -0.247. The molecular formula is C25H37N7O19P3S-3. The first kappa shape index (κ1) is 46.4. The number of fused-ring (bicyclic) bond motifs is 1. The number of anilines is 1. The van der Waals surface area contributed by atoms with Crippen molar-refractivity contribution >= 4 is 75.1 Å². The first-order chi connectivity index (χ1) is 25.4. The van der Waals surface area contributed by atoms with Gasteiger partial charge in [0, 0.05) is 37.1 Å². The van der Waals surface area contributed by atoms with Crippen molar-refractivity contribution in [2.45, 2.75) is 63.8 Å². The number of carbonyl (C=O) groups excluding carboxylic acids is 3. The highest BCUT2D eigenvalue weighted by atomic mass is 32.2. The first-order valence-corrected chi connectivity index (χ1v) is 21.0. The number of hydrogen-bond donors (Lipinski definition) is 7. The summed E-state index contributed by atoms with van der Waals surface area (Å²) in [5.41, 5.74) is 4.05. The maximum absolute atomic E-state index is 12.5. The molecule has 1 aliphatic rings. The molecule has 310 valence electrons. The van der Waals surface area contributed by atoms with Gasteiger partial charge in [0.1, 0.15) is 36.3 Å². The smallest absolute Gasteiger partial charge is 0.303 e. The Balaban J connectivity index is 1.49. The molecule has 1 fully saturated rings. The van der Waals surface area contributed by atoms with E-state index < -0.39 is 90.5 Å². The topological polar surface area (TPSA) is 409 Å². The molecule has 3 unspecified atom stereocenters. The summed E-state index contributed by atoms with van der Waals surface area (Å²) in [7, 11) is -17.4. The number of aromatic nitrogens is 4. The number of carbonyl (C=O) groups is 4. The van der Waals surface area contributed by atoms with Crippen molar-refractivity contribution in [3.8, 4) is 0 Å². The fourth-order valence-electron chi connectivity index (χ4n) is 4.56. The van der Waals surface area contributed by atoms with E-state index in [0.29, 0.717) is 0 Å². The molecule has 0 bridgehead atoms. The summed E-state index contributed by atoms with van der Waals surface area (Å²) in [6.45, 7) is -0.136. The summed E-state index contributed by atoms with van der Waals surface area (Å²) < 4.78 is 60.6. The monoisotopic (exact) mass is 864 g/mol. The van der Waals surface area contributed by atoms with Crippen LogP contribution in [0.15, 0.2) is 12.7 Å². The van der Waals surface area contributed by atoms with Crippen molar-refractivity contribution in [2.75, 3.05) is 37.8 Å². The molecule has 3 heterocycles. The number of amides is 2. The summed E-state index contributed by atoms with van der Waals surface area (Å²) in [5.74, 6) is -2.61. The van der Waals surface area contributed by atoms with Gasteiger partial charge in [-0.3, -0.25) is 37.4 Å². The number of nitrogens with two attached hydrogens (primary N) is 1. The summed E-state index contributed by atoms with van der Waals surface area (Å²) >= 11 is 0.839. The van der Waals surface area contributed by atoms with Crippen LogP contribution in [0.1, 0.15) is 39.3 Å². The van der Waals surface area contributed by atoms with Gasteiger partial charge in [-0.1, -0.05) is 25.6 Å². The lowest BCUT2D eigenvalue weighted by Crippen LogP contribution is -2.46. The van der Waals surface area contributed by atoms with E-state index in [1.807, 2.05) is 0 Å². The molecule has 3 rings (SSSR count). The van der Waals surface area contributed by atoms with E-state index in [9.17, 15) is 62.7 Å². The molecule has 2 aromatic rings. The van der Waals surface area contributed by atoms with Gasteiger partial charge in [-0.2, -0.15) is 0 Å². The Morgan fingerprint density at radius 2 is 1.73 bits per heavy atom. The summed E-state index contributed by atoms with van der Waals surface area (Å²) in [6, 6.07) is 0. The fourth-order valence-corrected chi connectivity index (χ4v) is 7.98. The van der Waals surface area contributed by atoms with Crippen molar-refractivity contribution in [3.63, 3.8) is 0 Å². The number of nitrogen functional groups attached to an aromatic ring is 1. The van der Waals surface area contributed by atoms with Gasteiger partial charge in [0.05, 0.1) is 26.0 Å². The molecule has 0 saturated carbocycles. The average Bonchev–Trinajstić information content (AvgIpc) is 3.63. The molecule has 1 saturated heterocycles. The van der Waals surface area contributed by atoms with Crippen LogP contribution in [0.3, 0.4) is 0 Å². The van der Waals surface area contributed by atoms with Crippen LogP contribution < -0.4 is 31.0 Å². The van der Waals surface area contributed by atoms with Crippen molar-refractivity contribution in [1.29, 1.82) is 0 Å². The van der Waals surface area contributed by atoms with Gasteiger partial charge in [-0.15, -0.1) is 0 Å². The van der Waals surface area contributed by atoms with Crippen LogP contribution in [0.4, 0.5) is 5.82 Å². The number of phosphoric ester groups is 3. The number of nitrogens with zero attached hydrogens (tertiary/aromatic N) is 4. The van der Waals surface area contributed by atoms with Gasteiger partial charge in [0.25, 0.3) is 23.5 Å². The van der Waals surface area contributed by atoms with Crippen LogP contribution in [0.5, 0.6) is 0 Å². The van der Waals surface area contributed by atoms with Crippen molar-refractivity contribution < 1.29 is 90.4 Å². The third-order valence-corrected chi connectivity index (χ3v) is 11.2. The number of rotatable bonds is 22. The number of thioether (sulfide) groups is 1. The largest absolute Gasteiger partial charge is 0.756 e. The van der Waals surface area contributed by atoms with E-state index in [1.54, 1.807) is 0 Å². The van der Waals surface area contributed by atoms with E-state index in [-0.39, 0.29) is 60.2 Å². The second kappa shape index (κ2) is 19.5.